The number of hydrogen-bond donors (Lipinski definition) is 1. The summed E-state index contributed by atoms with van der Waals surface area (Å²) in [5.41, 5.74) is 7.83. The van der Waals surface area contributed by atoms with Crippen LogP contribution in [0.15, 0.2) is 46.9 Å². The highest BCUT2D eigenvalue weighted by molar-refractivity contribution is 5.68. The van der Waals surface area contributed by atoms with Crippen molar-refractivity contribution in [1.29, 1.82) is 0 Å². The number of anilines is 1. The molecule has 2 aromatic carbocycles. The molecule has 0 bridgehead atoms. The normalized spacial score (nSPS) is 10.5. The zero-order valence-electron chi connectivity index (χ0n) is 12.2. The second-order valence-corrected chi connectivity index (χ2v) is 4.58. The topological polar surface area (TPSA) is 83.4 Å². The summed E-state index contributed by atoms with van der Waals surface area (Å²) in [6.45, 7) is 0. The van der Waals surface area contributed by atoms with Crippen molar-refractivity contribution in [3.63, 3.8) is 0 Å². The molecule has 112 valence electrons. The van der Waals surface area contributed by atoms with E-state index < -0.39 is 0 Å². The van der Waals surface area contributed by atoms with Crippen LogP contribution >= 0.6 is 0 Å². The first-order chi connectivity index (χ1) is 10.7. The van der Waals surface area contributed by atoms with Gasteiger partial charge >= 0.3 is 0 Å². The van der Waals surface area contributed by atoms with Gasteiger partial charge in [0.2, 0.25) is 5.89 Å². The first kappa shape index (κ1) is 13.9. The minimum Gasteiger partial charge on any atom is -0.493 e. The zero-order chi connectivity index (χ0) is 15.5. The molecule has 6 heteroatoms. The van der Waals surface area contributed by atoms with Crippen LogP contribution in [0.3, 0.4) is 0 Å². The monoisotopic (exact) mass is 297 g/mol. The van der Waals surface area contributed by atoms with Gasteiger partial charge in [0, 0.05) is 11.3 Å². The predicted octanol–water partition coefficient (Wildman–Crippen LogP) is 3.00. The van der Waals surface area contributed by atoms with Crippen LogP contribution in [-0.2, 0) is 0 Å². The van der Waals surface area contributed by atoms with Gasteiger partial charge in [0.05, 0.1) is 19.8 Å². The summed E-state index contributed by atoms with van der Waals surface area (Å²) in [5, 5.41) is 8.16. The Bertz CT molecular complexity index is 782. The fourth-order valence-corrected chi connectivity index (χ4v) is 2.13. The van der Waals surface area contributed by atoms with E-state index in [4.69, 9.17) is 19.6 Å². The Morgan fingerprint density at radius 2 is 1.64 bits per heavy atom. The number of ether oxygens (including phenoxy) is 2. The lowest BCUT2D eigenvalue weighted by molar-refractivity contribution is 0.355. The van der Waals surface area contributed by atoms with Crippen molar-refractivity contribution in [1.82, 2.24) is 10.2 Å². The molecule has 0 spiro atoms. The molecule has 0 unspecified atom stereocenters. The van der Waals surface area contributed by atoms with Gasteiger partial charge in [-0.1, -0.05) is 6.07 Å². The standard InChI is InChI=1S/C16H15N3O3/c1-20-13-5-3-4-12(14(13)21-2)16-19-18-15(22-16)10-6-8-11(17)9-7-10/h3-9H,17H2,1-2H3. The molecule has 2 N–H and O–H groups in total. The van der Waals surface area contributed by atoms with Crippen LogP contribution in [0.25, 0.3) is 22.9 Å². The van der Waals surface area contributed by atoms with Gasteiger partial charge in [0.25, 0.3) is 5.89 Å². The number of para-hydroxylation sites is 1. The Balaban J connectivity index is 2.02. The van der Waals surface area contributed by atoms with E-state index in [0.29, 0.717) is 34.5 Å². The van der Waals surface area contributed by atoms with E-state index in [9.17, 15) is 0 Å². The molecule has 0 atom stereocenters. The van der Waals surface area contributed by atoms with Crippen molar-refractivity contribution in [2.24, 2.45) is 0 Å². The molecule has 0 saturated heterocycles. The van der Waals surface area contributed by atoms with Crippen LogP contribution in [0.2, 0.25) is 0 Å². The molecule has 22 heavy (non-hydrogen) atoms. The average molecular weight is 297 g/mol. The van der Waals surface area contributed by atoms with Gasteiger partial charge in [-0.3, -0.25) is 0 Å². The van der Waals surface area contributed by atoms with Gasteiger partial charge < -0.3 is 19.6 Å². The molecule has 1 heterocycles. The minimum atomic E-state index is 0.363. The van der Waals surface area contributed by atoms with E-state index in [1.165, 1.54) is 0 Å². The number of rotatable bonds is 4. The Kier molecular flexibility index (Phi) is 3.65. The molecule has 3 aromatic rings. The molecule has 1 aromatic heterocycles. The lowest BCUT2D eigenvalue weighted by Crippen LogP contribution is -1.93. The van der Waals surface area contributed by atoms with Gasteiger partial charge in [-0.05, 0) is 36.4 Å². The van der Waals surface area contributed by atoms with Crippen molar-refractivity contribution in [3.8, 4) is 34.4 Å². The minimum absolute atomic E-state index is 0.363. The van der Waals surface area contributed by atoms with Crippen molar-refractivity contribution in [3.05, 3.63) is 42.5 Å². The molecule has 0 fully saturated rings. The van der Waals surface area contributed by atoms with E-state index >= 15 is 0 Å². The van der Waals surface area contributed by atoms with Crippen LogP contribution in [-0.4, -0.2) is 24.4 Å². The first-order valence-corrected chi connectivity index (χ1v) is 6.63. The van der Waals surface area contributed by atoms with Gasteiger partial charge in [0.15, 0.2) is 11.5 Å². The number of methoxy groups -OCH3 is 2. The lowest BCUT2D eigenvalue weighted by Gasteiger charge is -2.09. The lowest BCUT2D eigenvalue weighted by atomic mass is 10.2. The first-order valence-electron chi connectivity index (χ1n) is 6.63. The molecule has 0 radical (unpaired) electrons. The van der Waals surface area contributed by atoms with Gasteiger partial charge in [0.1, 0.15) is 0 Å². The molecule has 0 aliphatic carbocycles. The second-order valence-electron chi connectivity index (χ2n) is 4.58. The van der Waals surface area contributed by atoms with E-state index in [2.05, 4.69) is 10.2 Å². The van der Waals surface area contributed by atoms with Crippen LogP contribution in [0.1, 0.15) is 0 Å². The predicted molar refractivity (Wildman–Crippen MR) is 82.7 cm³/mol. The van der Waals surface area contributed by atoms with Crippen molar-refractivity contribution >= 4 is 5.69 Å². The van der Waals surface area contributed by atoms with Gasteiger partial charge in [-0.25, -0.2) is 0 Å². The fraction of sp³-hybridized carbons (Fsp3) is 0.125. The van der Waals surface area contributed by atoms with Crippen LogP contribution in [0, 0.1) is 0 Å². The van der Waals surface area contributed by atoms with Crippen molar-refractivity contribution in [2.75, 3.05) is 20.0 Å². The van der Waals surface area contributed by atoms with Crippen LogP contribution in [0.4, 0.5) is 5.69 Å². The maximum atomic E-state index is 5.74. The number of nitrogens with zero attached hydrogens (tertiary/aromatic N) is 2. The smallest absolute Gasteiger partial charge is 0.252 e. The third kappa shape index (κ3) is 2.46. The van der Waals surface area contributed by atoms with Gasteiger partial charge in [-0.2, -0.15) is 0 Å². The van der Waals surface area contributed by atoms with Crippen molar-refractivity contribution < 1.29 is 13.9 Å². The quantitative estimate of drug-likeness (QED) is 0.745. The fourth-order valence-electron chi connectivity index (χ4n) is 2.13. The Hall–Kier alpha value is -3.02. The van der Waals surface area contributed by atoms with Gasteiger partial charge in [-0.15, -0.1) is 10.2 Å². The van der Waals surface area contributed by atoms with E-state index in [-0.39, 0.29) is 0 Å². The molecular weight excluding hydrogens is 282 g/mol. The second kappa shape index (κ2) is 5.77. The Morgan fingerprint density at radius 1 is 0.909 bits per heavy atom. The number of benzene rings is 2. The summed E-state index contributed by atoms with van der Waals surface area (Å²) >= 11 is 0. The summed E-state index contributed by atoms with van der Waals surface area (Å²) in [4.78, 5) is 0. The molecule has 0 aliphatic heterocycles. The van der Waals surface area contributed by atoms with E-state index in [0.717, 1.165) is 5.56 Å². The number of hydrogen-bond acceptors (Lipinski definition) is 6. The van der Waals surface area contributed by atoms with Crippen LogP contribution in [0.5, 0.6) is 11.5 Å². The highest BCUT2D eigenvalue weighted by Gasteiger charge is 2.17. The summed E-state index contributed by atoms with van der Waals surface area (Å²) < 4.78 is 16.4. The zero-order valence-corrected chi connectivity index (χ0v) is 12.2. The highest BCUT2D eigenvalue weighted by Crippen LogP contribution is 2.37. The summed E-state index contributed by atoms with van der Waals surface area (Å²) in [6, 6.07) is 12.7. The van der Waals surface area contributed by atoms with Crippen molar-refractivity contribution in [2.45, 2.75) is 0 Å². The maximum absolute atomic E-state index is 5.74. The highest BCUT2D eigenvalue weighted by atomic mass is 16.5. The summed E-state index contributed by atoms with van der Waals surface area (Å²) in [6.07, 6.45) is 0. The van der Waals surface area contributed by atoms with E-state index in [1.54, 1.807) is 32.4 Å². The molecule has 3 rings (SSSR count). The van der Waals surface area contributed by atoms with E-state index in [1.807, 2.05) is 24.3 Å². The summed E-state index contributed by atoms with van der Waals surface area (Å²) in [7, 11) is 3.15. The third-order valence-electron chi connectivity index (χ3n) is 3.22. The number of aromatic nitrogens is 2. The molecule has 6 nitrogen and oxygen atoms in total. The Labute approximate surface area is 127 Å². The average Bonchev–Trinajstić information content (AvgIpc) is 3.04. The molecule has 0 aliphatic rings. The molecular formula is C16H15N3O3. The maximum Gasteiger partial charge on any atom is 0.252 e. The summed E-state index contributed by atoms with van der Waals surface area (Å²) in [5.74, 6) is 1.94. The molecule has 0 saturated carbocycles. The largest absolute Gasteiger partial charge is 0.493 e. The third-order valence-corrected chi connectivity index (χ3v) is 3.22. The number of nitrogens with two attached hydrogens (primary N) is 1. The molecule has 0 amide bonds. The number of nitrogen functional groups attached to an aromatic ring is 1. The Morgan fingerprint density at radius 3 is 2.32 bits per heavy atom. The SMILES string of the molecule is COc1cccc(-c2nnc(-c3ccc(N)cc3)o2)c1OC. The van der Waals surface area contributed by atoms with Crippen LogP contribution < -0.4 is 15.2 Å².